The fourth-order valence-corrected chi connectivity index (χ4v) is 2.28. The molecule has 2 bridgehead atoms. The van der Waals surface area contributed by atoms with Gasteiger partial charge in [-0.15, -0.1) is 0 Å². The molecule has 0 saturated carbocycles. The third-order valence-electron chi connectivity index (χ3n) is 3.29. The third-order valence-corrected chi connectivity index (χ3v) is 3.29. The van der Waals surface area contributed by atoms with E-state index in [0.29, 0.717) is 0 Å². The fourth-order valence-electron chi connectivity index (χ4n) is 2.28. The van der Waals surface area contributed by atoms with Crippen LogP contribution in [-0.4, -0.2) is 17.5 Å². The van der Waals surface area contributed by atoms with Gasteiger partial charge < -0.3 is 14.6 Å². The first kappa shape index (κ1) is 9.87. The van der Waals surface area contributed by atoms with Crippen LogP contribution in [0.15, 0.2) is 30.4 Å². The number of aliphatic hydroxyl groups is 1. The molecule has 1 N–H and O–H groups in total. The summed E-state index contributed by atoms with van der Waals surface area (Å²) in [5, 5.41) is 10.1. The minimum absolute atomic E-state index is 0.386. The van der Waals surface area contributed by atoms with Gasteiger partial charge in [-0.25, -0.2) is 0 Å². The van der Waals surface area contributed by atoms with Crippen molar-refractivity contribution in [3.8, 4) is 5.75 Å². The first-order chi connectivity index (χ1) is 7.59. The minimum Gasteiger partial charge on any atom is -0.461 e. The normalized spacial score (nSPS) is 35.4. The number of benzene rings is 1. The van der Waals surface area contributed by atoms with E-state index >= 15 is 0 Å². The number of rotatable bonds is 0. The van der Waals surface area contributed by atoms with E-state index in [9.17, 15) is 5.11 Å². The molecule has 0 amide bonds. The monoisotopic (exact) mass is 218 g/mol. The number of ether oxygens (including phenoxy) is 2. The molecule has 0 aliphatic carbocycles. The molecule has 1 aromatic rings. The Morgan fingerprint density at radius 3 is 2.94 bits per heavy atom. The summed E-state index contributed by atoms with van der Waals surface area (Å²) in [4.78, 5) is 0. The number of hydrogen-bond donors (Lipinski definition) is 1. The fraction of sp³-hybridized carbons (Fsp3) is 0.385. The zero-order valence-electron chi connectivity index (χ0n) is 9.31. The van der Waals surface area contributed by atoms with Crippen molar-refractivity contribution in [1.29, 1.82) is 0 Å². The second-order valence-corrected chi connectivity index (χ2v) is 4.54. The second kappa shape index (κ2) is 3.09. The molecule has 0 unspecified atom stereocenters. The van der Waals surface area contributed by atoms with E-state index in [4.69, 9.17) is 9.47 Å². The van der Waals surface area contributed by atoms with E-state index in [0.717, 1.165) is 16.9 Å². The van der Waals surface area contributed by atoms with E-state index in [1.807, 2.05) is 32.0 Å². The summed E-state index contributed by atoms with van der Waals surface area (Å²) in [7, 11) is 0. The van der Waals surface area contributed by atoms with Crippen molar-refractivity contribution < 1.29 is 14.6 Å². The van der Waals surface area contributed by atoms with Gasteiger partial charge in [0.25, 0.3) is 0 Å². The van der Waals surface area contributed by atoms with Gasteiger partial charge in [-0.2, -0.15) is 0 Å². The van der Waals surface area contributed by atoms with Crippen molar-refractivity contribution in [2.24, 2.45) is 0 Å². The highest BCUT2D eigenvalue weighted by Crippen LogP contribution is 2.44. The average molecular weight is 218 g/mol. The van der Waals surface area contributed by atoms with Crippen molar-refractivity contribution in [3.05, 3.63) is 41.5 Å². The van der Waals surface area contributed by atoms with Gasteiger partial charge in [0, 0.05) is 5.56 Å². The average Bonchev–Trinajstić information content (AvgIpc) is 2.26. The van der Waals surface area contributed by atoms with Crippen molar-refractivity contribution in [1.82, 2.24) is 0 Å². The van der Waals surface area contributed by atoms with E-state index in [1.165, 1.54) is 0 Å². The molecule has 2 heterocycles. The van der Waals surface area contributed by atoms with Gasteiger partial charge in [0.2, 0.25) is 6.29 Å². The predicted octanol–water partition coefficient (Wildman–Crippen LogP) is 1.88. The van der Waals surface area contributed by atoms with Crippen molar-refractivity contribution >= 4 is 0 Å². The van der Waals surface area contributed by atoms with Crippen LogP contribution in [0.5, 0.6) is 5.75 Å². The maximum atomic E-state index is 10.1. The molecule has 0 aromatic heterocycles. The topological polar surface area (TPSA) is 38.7 Å². The van der Waals surface area contributed by atoms with Gasteiger partial charge in [-0.05, 0) is 32.1 Å². The highest BCUT2D eigenvalue weighted by Gasteiger charge is 2.45. The summed E-state index contributed by atoms with van der Waals surface area (Å²) < 4.78 is 11.4. The molecule has 3 nitrogen and oxygen atoms in total. The van der Waals surface area contributed by atoms with Crippen LogP contribution < -0.4 is 4.74 Å². The molecule has 0 saturated heterocycles. The zero-order valence-corrected chi connectivity index (χ0v) is 9.31. The molecule has 3 rings (SSSR count). The summed E-state index contributed by atoms with van der Waals surface area (Å²) in [5.41, 5.74) is 1.35. The molecule has 0 radical (unpaired) electrons. The largest absolute Gasteiger partial charge is 0.461 e. The second-order valence-electron chi connectivity index (χ2n) is 4.54. The summed E-state index contributed by atoms with van der Waals surface area (Å²) >= 11 is 0. The van der Waals surface area contributed by atoms with Gasteiger partial charge in [-0.1, -0.05) is 17.7 Å². The molecule has 3 heteroatoms. The lowest BCUT2D eigenvalue weighted by atomic mass is 9.85. The predicted molar refractivity (Wildman–Crippen MR) is 59.2 cm³/mol. The Balaban J connectivity index is 2.20. The molecule has 0 spiro atoms. The number of aryl methyl sites for hydroxylation is 1. The van der Waals surface area contributed by atoms with Gasteiger partial charge in [-0.3, -0.25) is 0 Å². The van der Waals surface area contributed by atoms with Gasteiger partial charge >= 0.3 is 0 Å². The quantitative estimate of drug-likeness (QED) is 0.676. The molecule has 2 aliphatic heterocycles. The number of aliphatic hydroxyl groups excluding tert-OH is 1. The van der Waals surface area contributed by atoms with Crippen LogP contribution in [0.3, 0.4) is 0 Å². The zero-order chi connectivity index (χ0) is 11.3. The van der Waals surface area contributed by atoms with E-state index in [-0.39, 0.29) is 6.29 Å². The molecular weight excluding hydrogens is 204 g/mol. The molecule has 1 aromatic carbocycles. The van der Waals surface area contributed by atoms with E-state index in [2.05, 4.69) is 0 Å². The molecule has 84 valence electrons. The Kier molecular flexibility index (Phi) is 1.91. The molecule has 0 fully saturated rings. The van der Waals surface area contributed by atoms with Crippen LogP contribution in [0.25, 0.3) is 0 Å². The number of hydrogen-bond acceptors (Lipinski definition) is 3. The van der Waals surface area contributed by atoms with Gasteiger partial charge in [0.15, 0.2) is 0 Å². The summed E-state index contributed by atoms with van der Waals surface area (Å²) in [6, 6.07) is 5.94. The molecule has 2 aliphatic rings. The van der Waals surface area contributed by atoms with Crippen LogP contribution in [-0.2, 0) is 10.3 Å². The molecule has 16 heavy (non-hydrogen) atoms. The van der Waals surface area contributed by atoms with Crippen LogP contribution in [0.1, 0.15) is 18.1 Å². The highest BCUT2D eigenvalue weighted by atomic mass is 16.7. The molecular formula is C13H14O3. The lowest BCUT2D eigenvalue weighted by Gasteiger charge is -2.44. The van der Waals surface area contributed by atoms with Crippen LogP contribution in [0.2, 0.25) is 0 Å². The lowest BCUT2D eigenvalue weighted by molar-refractivity contribution is -0.207. The van der Waals surface area contributed by atoms with Crippen molar-refractivity contribution in [2.75, 3.05) is 0 Å². The number of fused-ring (bicyclic) bond motifs is 4. The lowest BCUT2D eigenvalue weighted by Crippen LogP contribution is -2.48. The Morgan fingerprint density at radius 1 is 1.31 bits per heavy atom. The summed E-state index contributed by atoms with van der Waals surface area (Å²) in [6.07, 6.45) is 2.46. The van der Waals surface area contributed by atoms with Gasteiger partial charge in [0.05, 0.1) is 0 Å². The maximum Gasteiger partial charge on any atom is 0.220 e. The van der Waals surface area contributed by atoms with Crippen LogP contribution in [0, 0.1) is 6.92 Å². The summed E-state index contributed by atoms with van der Waals surface area (Å²) in [6.45, 7) is 3.91. The Labute approximate surface area is 94.3 Å². The Bertz CT molecular complexity index is 466. The van der Waals surface area contributed by atoms with Crippen molar-refractivity contribution in [3.63, 3.8) is 0 Å². The first-order valence-electron chi connectivity index (χ1n) is 5.41. The molecule has 3 atom stereocenters. The Hall–Kier alpha value is -1.32. The first-order valence-corrected chi connectivity index (χ1v) is 5.41. The third kappa shape index (κ3) is 1.22. The van der Waals surface area contributed by atoms with E-state index in [1.54, 1.807) is 12.2 Å². The van der Waals surface area contributed by atoms with Gasteiger partial charge in [0.1, 0.15) is 17.5 Å². The minimum atomic E-state index is -0.695. The highest BCUT2D eigenvalue weighted by molar-refractivity contribution is 5.44. The van der Waals surface area contributed by atoms with Crippen molar-refractivity contribution in [2.45, 2.75) is 31.8 Å². The van der Waals surface area contributed by atoms with Crippen LogP contribution in [0.4, 0.5) is 0 Å². The standard InChI is InChI=1S/C13H14O3/c1-8-3-4-10-9(7-8)13(2)11(14)5-6-12(15-10)16-13/h3-7,11-12,14H,1-2H3/t11-,12-,13+/m0/s1. The SMILES string of the molecule is Cc1ccc2c(c1)[C@@]1(C)O[C@@H](C=C[C@@H]1O)O2. The maximum absolute atomic E-state index is 10.1. The summed E-state index contributed by atoms with van der Waals surface area (Å²) in [5.74, 6) is 0.799. The Morgan fingerprint density at radius 2 is 2.12 bits per heavy atom. The van der Waals surface area contributed by atoms with Crippen LogP contribution >= 0.6 is 0 Å². The smallest absolute Gasteiger partial charge is 0.220 e. The van der Waals surface area contributed by atoms with E-state index < -0.39 is 11.7 Å².